The molecule has 0 unspecified atom stereocenters. The van der Waals surface area contributed by atoms with Gasteiger partial charge in [0.15, 0.2) is 0 Å². The highest BCUT2D eigenvalue weighted by Gasteiger charge is 2.35. The van der Waals surface area contributed by atoms with Gasteiger partial charge in [0.2, 0.25) is 5.91 Å². The van der Waals surface area contributed by atoms with E-state index in [2.05, 4.69) is 11.4 Å². The highest BCUT2D eigenvalue weighted by atomic mass is 32.1. The fourth-order valence-electron chi connectivity index (χ4n) is 4.65. The highest BCUT2D eigenvalue weighted by molar-refractivity contribution is 7.10. The second kappa shape index (κ2) is 10.2. The molecule has 35 heavy (non-hydrogen) atoms. The summed E-state index contributed by atoms with van der Waals surface area (Å²) in [5.41, 5.74) is 4.10. The number of benzene rings is 2. The number of aryl methyl sites for hydroxylation is 2. The summed E-state index contributed by atoms with van der Waals surface area (Å²) in [6.45, 7) is 5.84. The third kappa shape index (κ3) is 5.59. The molecule has 6 heteroatoms. The molecule has 1 aliphatic heterocycles. The molecule has 0 saturated heterocycles. The van der Waals surface area contributed by atoms with E-state index in [0.717, 1.165) is 30.6 Å². The summed E-state index contributed by atoms with van der Waals surface area (Å²) in [6.07, 6.45) is 3.09. The number of carbonyl (C=O) groups is 2. The summed E-state index contributed by atoms with van der Waals surface area (Å²) in [7, 11) is 0. The number of carbonyl (C=O) groups excluding carboxylic acids is 2. The van der Waals surface area contributed by atoms with Crippen molar-refractivity contribution in [1.29, 1.82) is 0 Å². The number of ether oxygens (including phenoxy) is 1. The number of fused-ring (bicyclic) bond motifs is 1. The number of nitrogens with zero attached hydrogens (tertiary/aromatic N) is 2. The predicted molar refractivity (Wildman–Crippen MR) is 139 cm³/mol. The molecule has 1 aromatic heterocycles. The van der Waals surface area contributed by atoms with Gasteiger partial charge in [-0.1, -0.05) is 35.4 Å². The first kappa shape index (κ1) is 23.6. The first-order chi connectivity index (χ1) is 17.0. The van der Waals surface area contributed by atoms with Crippen molar-refractivity contribution >= 4 is 23.2 Å². The number of hydrogen-bond donors (Lipinski definition) is 0. The zero-order chi connectivity index (χ0) is 24.4. The maximum Gasteiger partial charge on any atom is 0.254 e. The molecule has 0 spiro atoms. The normalized spacial score (nSPS) is 17.1. The average Bonchev–Trinajstić information content (AvgIpc) is 3.55. The van der Waals surface area contributed by atoms with Gasteiger partial charge in [0.25, 0.3) is 5.91 Å². The molecule has 1 aliphatic carbocycles. The Morgan fingerprint density at radius 2 is 1.69 bits per heavy atom. The van der Waals surface area contributed by atoms with Crippen LogP contribution in [-0.2, 0) is 11.2 Å². The van der Waals surface area contributed by atoms with Crippen LogP contribution in [0.1, 0.15) is 50.8 Å². The number of amides is 2. The van der Waals surface area contributed by atoms with E-state index in [9.17, 15) is 9.59 Å². The molecule has 2 amide bonds. The van der Waals surface area contributed by atoms with Crippen LogP contribution in [0, 0.1) is 19.8 Å². The van der Waals surface area contributed by atoms with Crippen LogP contribution in [0.3, 0.4) is 0 Å². The molecular formula is C29H32N2O3S. The standard InChI is InChI=1S/C29H32N2O3S/c1-20-3-9-23(10-4-20)29(33)30(17-22-7-8-22)18-28(32)31-15-13-27-25(14-16-35-27)26(31)19-34-24-11-5-21(2)6-12-24/h3-6,9-12,14,16,22,26H,7-8,13,15,17-19H2,1-2H3/t26-/m0/s1. The van der Waals surface area contributed by atoms with Crippen molar-refractivity contribution in [3.05, 3.63) is 87.1 Å². The van der Waals surface area contributed by atoms with Gasteiger partial charge in [-0.3, -0.25) is 9.59 Å². The van der Waals surface area contributed by atoms with Crippen molar-refractivity contribution in [2.24, 2.45) is 5.92 Å². The molecule has 5 rings (SSSR count). The van der Waals surface area contributed by atoms with Crippen LogP contribution in [0.15, 0.2) is 60.0 Å². The van der Waals surface area contributed by atoms with E-state index in [0.29, 0.717) is 31.2 Å². The first-order valence-corrected chi connectivity index (χ1v) is 13.3. The van der Waals surface area contributed by atoms with Crippen LogP contribution in [0.5, 0.6) is 5.75 Å². The van der Waals surface area contributed by atoms with Gasteiger partial charge in [0.05, 0.1) is 6.04 Å². The Bertz CT molecular complexity index is 1180. The Morgan fingerprint density at radius 3 is 2.37 bits per heavy atom. The van der Waals surface area contributed by atoms with Crippen LogP contribution in [0.25, 0.3) is 0 Å². The second-order valence-electron chi connectivity index (χ2n) is 9.77. The summed E-state index contributed by atoms with van der Waals surface area (Å²) in [5.74, 6) is 1.23. The molecule has 2 aromatic carbocycles. The van der Waals surface area contributed by atoms with Gasteiger partial charge in [-0.2, -0.15) is 0 Å². The Morgan fingerprint density at radius 1 is 1.00 bits per heavy atom. The number of rotatable bonds is 8. The zero-order valence-electron chi connectivity index (χ0n) is 20.4. The fraction of sp³-hybridized carbons (Fsp3) is 0.379. The van der Waals surface area contributed by atoms with Crippen molar-refractivity contribution in [2.45, 2.75) is 39.2 Å². The topological polar surface area (TPSA) is 49.9 Å². The molecule has 0 bridgehead atoms. The van der Waals surface area contributed by atoms with Crippen LogP contribution < -0.4 is 4.74 Å². The summed E-state index contributed by atoms with van der Waals surface area (Å²) < 4.78 is 6.14. The molecule has 2 aliphatic rings. The SMILES string of the molecule is Cc1ccc(OC[C@H]2c3ccsc3CCN2C(=O)CN(CC2CC2)C(=O)c2ccc(C)cc2)cc1. The van der Waals surface area contributed by atoms with Crippen molar-refractivity contribution in [1.82, 2.24) is 9.80 Å². The lowest BCUT2D eigenvalue weighted by Gasteiger charge is -2.37. The lowest BCUT2D eigenvalue weighted by Crippen LogP contribution is -2.48. The van der Waals surface area contributed by atoms with Crippen molar-refractivity contribution < 1.29 is 14.3 Å². The lowest BCUT2D eigenvalue weighted by atomic mass is 10.00. The van der Waals surface area contributed by atoms with E-state index in [1.54, 1.807) is 16.2 Å². The number of thiophene rings is 1. The van der Waals surface area contributed by atoms with Crippen LogP contribution in [-0.4, -0.2) is 47.9 Å². The van der Waals surface area contributed by atoms with Gasteiger partial charge in [0.1, 0.15) is 18.9 Å². The highest BCUT2D eigenvalue weighted by Crippen LogP contribution is 2.35. The van der Waals surface area contributed by atoms with Gasteiger partial charge in [0, 0.05) is 23.5 Å². The van der Waals surface area contributed by atoms with E-state index in [1.807, 2.05) is 67.3 Å². The van der Waals surface area contributed by atoms with Crippen LogP contribution >= 0.6 is 11.3 Å². The molecule has 0 N–H and O–H groups in total. The van der Waals surface area contributed by atoms with E-state index >= 15 is 0 Å². The van der Waals surface area contributed by atoms with Gasteiger partial charge in [-0.05, 0) is 80.3 Å². The van der Waals surface area contributed by atoms with E-state index in [-0.39, 0.29) is 24.4 Å². The Balaban J connectivity index is 1.33. The summed E-state index contributed by atoms with van der Waals surface area (Å²) in [4.78, 5) is 32.0. The zero-order valence-corrected chi connectivity index (χ0v) is 21.2. The summed E-state index contributed by atoms with van der Waals surface area (Å²) in [6, 6.07) is 17.6. The van der Waals surface area contributed by atoms with Crippen LogP contribution in [0.4, 0.5) is 0 Å². The van der Waals surface area contributed by atoms with E-state index in [4.69, 9.17) is 4.74 Å². The van der Waals surface area contributed by atoms with Crippen molar-refractivity contribution in [2.75, 3.05) is 26.2 Å². The molecule has 1 saturated carbocycles. The minimum Gasteiger partial charge on any atom is -0.491 e. The maximum atomic E-state index is 13.7. The fourth-order valence-corrected chi connectivity index (χ4v) is 5.58. The monoisotopic (exact) mass is 488 g/mol. The lowest BCUT2D eigenvalue weighted by molar-refractivity contribution is -0.135. The Labute approximate surface area is 211 Å². The number of hydrogen-bond acceptors (Lipinski definition) is 4. The predicted octanol–water partition coefficient (Wildman–Crippen LogP) is 5.42. The van der Waals surface area contributed by atoms with Gasteiger partial charge in [-0.15, -0.1) is 11.3 Å². The smallest absolute Gasteiger partial charge is 0.254 e. The molecular weight excluding hydrogens is 456 g/mol. The quantitative estimate of drug-likeness (QED) is 0.425. The maximum absolute atomic E-state index is 13.7. The Hall–Kier alpha value is -3.12. The van der Waals surface area contributed by atoms with E-state index < -0.39 is 0 Å². The Kier molecular flexibility index (Phi) is 6.91. The van der Waals surface area contributed by atoms with Crippen molar-refractivity contribution in [3.8, 4) is 5.75 Å². The third-order valence-corrected chi connectivity index (χ3v) is 7.93. The minimum absolute atomic E-state index is 0.0135. The van der Waals surface area contributed by atoms with E-state index in [1.165, 1.54) is 16.0 Å². The largest absolute Gasteiger partial charge is 0.491 e. The summed E-state index contributed by atoms with van der Waals surface area (Å²) in [5, 5.41) is 2.10. The minimum atomic E-state index is -0.156. The van der Waals surface area contributed by atoms with Gasteiger partial charge >= 0.3 is 0 Å². The average molecular weight is 489 g/mol. The first-order valence-electron chi connectivity index (χ1n) is 12.4. The van der Waals surface area contributed by atoms with Crippen molar-refractivity contribution in [3.63, 3.8) is 0 Å². The molecule has 3 aromatic rings. The molecule has 2 heterocycles. The summed E-state index contributed by atoms with van der Waals surface area (Å²) >= 11 is 1.74. The van der Waals surface area contributed by atoms with Gasteiger partial charge in [-0.25, -0.2) is 0 Å². The third-order valence-electron chi connectivity index (χ3n) is 6.93. The molecule has 1 fully saturated rings. The molecule has 182 valence electrons. The van der Waals surface area contributed by atoms with Gasteiger partial charge < -0.3 is 14.5 Å². The molecule has 1 atom stereocenters. The second-order valence-corrected chi connectivity index (χ2v) is 10.8. The molecule has 0 radical (unpaired) electrons. The molecule has 5 nitrogen and oxygen atoms in total. The van der Waals surface area contributed by atoms with Crippen LogP contribution in [0.2, 0.25) is 0 Å².